The van der Waals surface area contributed by atoms with Gasteiger partial charge in [-0.15, -0.1) is 0 Å². The molecule has 1 unspecified atom stereocenters. The molecule has 35 heavy (non-hydrogen) atoms. The Labute approximate surface area is 202 Å². The molecule has 2 bridgehead atoms. The minimum atomic E-state index is -1.25. The van der Waals surface area contributed by atoms with Crippen LogP contribution in [0.25, 0.3) is 28.0 Å². The van der Waals surface area contributed by atoms with E-state index < -0.39 is 10.8 Å². The Morgan fingerprint density at radius 2 is 2.17 bits per heavy atom. The lowest BCUT2D eigenvalue weighted by Crippen LogP contribution is -2.41. The number of nitrogens with zero attached hydrogens (tertiary/aromatic N) is 4. The van der Waals surface area contributed by atoms with E-state index >= 15 is 0 Å². The number of anilines is 2. The fourth-order valence-electron chi connectivity index (χ4n) is 5.61. The van der Waals surface area contributed by atoms with Crippen LogP contribution in [-0.2, 0) is 10.8 Å². The molecule has 3 aliphatic rings. The van der Waals surface area contributed by atoms with Gasteiger partial charge in [0.1, 0.15) is 17.3 Å². The lowest BCUT2D eigenvalue weighted by molar-refractivity contribution is 0.437. The van der Waals surface area contributed by atoms with Crippen LogP contribution in [-0.4, -0.2) is 49.8 Å². The number of hydrogen-bond acceptors (Lipinski definition) is 8. The second-order valence-electron chi connectivity index (χ2n) is 9.26. The van der Waals surface area contributed by atoms with E-state index in [2.05, 4.69) is 25.2 Å². The van der Waals surface area contributed by atoms with Crippen molar-refractivity contribution in [3.05, 3.63) is 41.3 Å². The standard InChI is InChI=1S/C24H22FN7O2S/c1-27-18-6-12(25)5-15-20-22(29-21(15)18)30-24(31-23(20)32-10-11-4-13(32)7-16(11)26)34-14-8-19-17(28-9-14)2-3-35(19)33/h2-3,5-6,8-9,11,13,16,27H,4,7,10,26H2,1H3,(H,29,30,31)/t11-,13-,16-,35?/m0/s1. The summed E-state index contributed by atoms with van der Waals surface area (Å²) in [5.41, 5.74) is 8.90. The van der Waals surface area contributed by atoms with Crippen molar-refractivity contribution >= 4 is 50.3 Å². The van der Waals surface area contributed by atoms with Gasteiger partial charge in [0, 0.05) is 42.5 Å². The summed E-state index contributed by atoms with van der Waals surface area (Å²) in [6.07, 6.45) is 5.19. The van der Waals surface area contributed by atoms with E-state index in [4.69, 9.17) is 15.5 Å². The van der Waals surface area contributed by atoms with E-state index in [1.54, 1.807) is 30.8 Å². The van der Waals surface area contributed by atoms with E-state index in [0.717, 1.165) is 30.3 Å². The first-order chi connectivity index (χ1) is 17.0. The van der Waals surface area contributed by atoms with Crippen molar-refractivity contribution in [2.24, 2.45) is 11.7 Å². The van der Waals surface area contributed by atoms with Gasteiger partial charge in [0.25, 0.3) is 0 Å². The minimum absolute atomic E-state index is 0.135. The van der Waals surface area contributed by atoms with Gasteiger partial charge < -0.3 is 25.7 Å². The zero-order valence-electron chi connectivity index (χ0n) is 18.8. The van der Waals surface area contributed by atoms with Gasteiger partial charge in [-0.1, -0.05) is 0 Å². The predicted molar refractivity (Wildman–Crippen MR) is 132 cm³/mol. The van der Waals surface area contributed by atoms with Crippen molar-refractivity contribution in [1.82, 2.24) is 19.9 Å². The molecular formula is C24H22FN7O2S. The molecule has 1 saturated heterocycles. The summed E-state index contributed by atoms with van der Waals surface area (Å²) in [5, 5.41) is 6.11. The molecule has 0 amide bonds. The van der Waals surface area contributed by atoms with E-state index in [0.29, 0.717) is 44.8 Å². The maximum Gasteiger partial charge on any atom is 0.326 e. The molecule has 7 rings (SSSR count). The Kier molecular flexibility index (Phi) is 4.43. The molecule has 4 aromatic rings. The van der Waals surface area contributed by atoms with Crippen LogP contribution in [0.3, 0.4) is 0 Å². The molecule has 11 heteroatoms. The van der Waals surface area contributed by atoms with E-state index in [1.807, 2.05) is 0 Å². The molecule has 4 atom stereocenters. The third-order valence-electron chi connectivity index (χ3n) is 7.26. The normalized spacial score (nSPS) is 24.6. The second-order valence-corrected chi connectivity index (χ2v) is 10.6. The lowest BCUT2D eigenvalue weighted by Gasteiger charge is -2.31. The molecule has 4 N–H and O–H groups in total. The van der Waals surface area contributed by atoms with Crippen LogP contribution in [0.2, 0.25) is 0 Å². The summed E-state index contributed by atoms with van der Waals surface area (Å²) in [7, 11) is 0.503. The average molecular weight is 492 g/mol. The van der Waals surface area contributed by atoms with Gasteiger partial charge in [-0.2, -0.15) is 9.97 Å². The maximum atomic E-state index is 14.5. The molecule has 0 spiro atoms. The number of aromatic nitrogens is 4. The van der Waals surface area contributed by atoms with Gasteiger partial charge in [0.2, 0.25) is 0 Å². The SMILES string of the molecule is CNc1cc(F)cc2c1[nH]c1nc(Oc3cnc4c(c3)S(=O)C=C4)nc(N3C[C@@H]4C[C@H]3C[C@@H]4N)c12. The number of hydrogen-bond donors (Lipinski definition) is 3. The van der Waals surface area contributed by atoms with Gasteiger partial charge in [-0.3, -0.25) is 4.98 Å². The summed E-state index contributed by atoms with van der Waals surface area (Å²) in [6, 6.07) is 5.24. The highest BCUT2D eigenvalue weighted by Gasteiger charge is 2.44. The summed E-state index contributed by atoms with van der Waals surface area (Å²) in [4.78, 5) is 19.9. The monoisotopic (exact) mass is 491 g/mol. The largest absolute Gasteiger partial charge is 0.423 e. The number of halogens is 1. The molecular weight excluding hydrogens is 469 g/mol. The van der Waals surface area contributed by atoms with Crippen molar-refractivity contribution < 1.29 is 13.3 Å². The average Bonchev–Trinajstić information content (AvgIpc) is 3.60. The van der Waals surface area contributed by atoms with Crippen molar-refractivity contribution in [3.8, 4) is 11.8 Å². The number of aromatic amines is 1. The summed E-state index contributed by atoms with van der Waals surface area (Å²) < 4.78 is 32.7. The highest BCUT2D eigenvalue weighted by Crippen LogP contribution is 2.44. The molecule has 1 aromatic carbocycles. The predicted octanol–water partition coefficient (Wildman–Crippen LogP) is 3.50. The van der Waals surface area contributed by atoms with E-state index in [-0.39, 0.29) is 23.9 Å². The number of rotatable bonds is 4. The number of H-pyrrole nitrogens is 1. The van der Waals surface area contributed by atoms with Crippen LogP contribution >= 0.6 is 0 Å². The molecule has 3 aromatic heterocycles. The number of ether oxygens (including phenoxy) is 1. The highest BCUT2D eigenvalue weighted by atomic mass is 32.2. The zero-order valence-corrected chi connectivity index (χ0v) is 19.6. The molecule has 9 nitrogen and oxygen atoms in total. The van der Waals surface area contributed by atoms with Crippen molar-refractivity contribution in [1.29, 1.82) is 0 Å². The van der Waals surface area contributed by atoms with Crippen LogP contribution in [0.1, 0.15) is 18.5 Å². The van der Waals surface area contributed by atoms with E-state index in [1.165, 1.54) is 12.1 Å². The van der Waals surface area contributed by atoms with Crippen molar-refractivity contribution in [2.45, 2.75) is 29.8 Å². The summed E-state index contributed by atoms with van der Waals surface area (Å²) >= 11 is 0. The Bertz CT molecular complexity index is 1580. The van der Waals surface area contributed by atoms with Crippen LogP contribution in [0.5, 0.6) is 11.8 Å². The van der Waals surface area contributed by atoms with Crippen LogP contribution in [0.4, 0.5) is 15.9 Å². The third kappa shape index (κ3) is 3.15. The van der Waals surface area contributed by atoms with Crippen molar-refractivity contribution in [3.63, 3.8) is 0 Å². The molecule has 2 fully saturated rings. The third-order valence-corrected chi connectivity index (χ3v) is 8.40. The fourth-order valence-corrected chi connectivity index (χ4v) is 6.57. The first kappa shape index (κ1) is 20.8. The molecule has 2 aliphatic heterocycles. The Balaban J connectivity index is 1.39. The van der Waals surface area contributed by atoms with Crippen LogP contribution in [0.15, 0.2) is 34.7 Å². The highest BCUT2D eigenvalue weighted by molar-refractivity contribution is 7.88. The topological polar surface area (TPSA) is 122 Å². The molecule has 1 saturated carbocycles. The summed E-state index contributed by atoms with van der Waals surface area (Å²) in [5.74, 6) is 1.15. The molecule has 1 aliphatic carbocycles. The fraction of sp³-hybridized carbons (Fsp3) is 0.292. The van der Waals surface area contributed by atoms with Crippen molar-refractivity contribution in [2.75, 3.05) is 23.8 Å². The number of piperidine rings is 1. The zero-order chi connectivity index (χ0) is 23.8. The van der Waals surface area contributed by atoms with Gasteiger partial charge >= 0.3 is 6.01 Å². The Hall–Kier alpha value is -3.57. The number of benzene rings is 1. The number of nitrogens with two attached hydrogens (primary N) is 1. The Morgan fingerprint density at radius 1 is 1.29 bits per heavy atom. The smallest absolute Gasteiger partial charge is 0.326 e. The van der Waals surface area contributed by atoms with Gasteiger partial charge in [-0.05, 0) is 37.0 Å². The lowest BCUT2D eigenvalue weighted by atomic mass is 10.0. The van der Waals surface area contributed by atoms with E-state index in [9.17, 15) is 8.60 Å². The van der Waals surface area contributed by atoms with Crippen LogP contribution in [0, 0.1) is 11.7 Å². The number of nitrogens with one attached hydrogen (secondary N) is 2. The first-order valence-corrected chi connectivity index (χ1v) is 12.7. The van der Waals surface area contributed by atoms with Gasteiger partial charge in [-0.25, -0.2) is 8.60 Å². The first-order valence-electron chi connectivity index (χ1n) is 11.5. The summed E-state index contributed by atoms with van der Waals surface area (Å²) in [6.45, 7) is 0.781. The molecule has 5 heterocycles. The molecule has 178 valence electrons. The second kappa shape index (κ2) is 7.46. The van der Waals surface area contributed by atoms with Crippen LogP contribution < -0.4 is 20.7 Å². The minimum Gasteiger partial charge on any atom is -0.423 e. The van der Waals surface area contributed by atoms with Gasteiger partial charge in [0.15, 0.2) is 5.75 Å². The quantitative estimate of drug-likeness (QED) is 0.397. The number of pyridine rings is 1. The van der Waals surface area contributed by atoms with Gasteiger partial charge in [0.05, 0.1) is 44.2 Å². The maximum absolute atomic E-state index is 14.5. The molecule has 0 radical (unpaired) electrons. The Morgan fingerprint density at radius 3 is 2.94 bits per heavy atom. The number of fused-ring (bicyclic) bond motifs is 6.